The minimum Gasteiger partial charge on any atom is -0.366 e. The lowest BCUT2D eigenvalue weighted by atomic mass is 9.96. The van der Waals surface area contributed by atoms with Crippen molar-refractivity contribution >= 4 is 22.5 Å². The Bertz CT molecular complexity index is 1030. The Hall–Kier alpha value is -2.95. The van der Waals surface area contributed by atoms with Crippen LogP contribution in [0.4, 0.5) is 5.82 Å². The molecule has 1 heterocycles. The van der Waals surface area contributed by atoms with E-state index in [4.69, 9.17) is 0 Å². The molecule has 5 heteroatoms. The highest BCUT2D eigenvalue weighted by Crippen LogP contribution is 2.30. The lowest BCUT2D eigenvalue weighted by Crippen LogP contribution is -2.25. The quantitative estimate of drug-likeness (QED) is 0.656. The number of anilines is 1. The molecule has 3 aromatic rings. The molecule has 1 saturated carbocycles. The first kappa shape index (κ1) is 18.4. The van der Waals surface area contributed by atoms with Crippen LogP contribution in [0.3, 0.4) is 0 Å². The SMILES string of the molecule is CC[C@@H](C)Nc1nncc2cc(-c3cc(C(=O)NC4CC4)ccc3C)ccc12. The van der Waals surface area contributed by atoms with E-state index >= 15 is 0 Å². The first-order valence-electron chi connectivity index (χ1n) is 9.99. The Kier molecular flexibility index (Phi) is 4.99. The Balaban J connectivity index is 1.69. The second-order valence-electron chi connectivity index (χ2n) is 7.73. The number of rotatable bonds is 6. The van der Waals surface area contributed by atoms with Gasteiger partial charge in [-0.15, -0.1) is 5.10 Å². The fraction of sp³-hybridized carbons (Fsp3) is 0.348. The summed E-state index contributed by atoms with van der Waals surface area (Å²) in [4.78, 5) is 12.4. The molecule has 1 atom stereocenters. The number of aromatic nitrogens is 2. The van der Waals surface area contributed by atoms with Crippen LogP contribution in [0.2, 0.25) is 0 Å². The molecule has 0 bridgehead atoms. The van der Waals surface area contributed by atoms with Gasteiger partial charge in [0.05, 0.1) is 6.20 Å². The number of hydrogen-bond donors (Lipinski definition) is 2. The highest BCUT2D eigenvalue weighted by molar-refractivity contribution is 5.97. The third-order valence-corrected chi connectivity index (χ3v) is 5.38. The van der Waals surface area contributed by atoms with Crippen molar-refractivity contribution in [2.45, 2.75) is 52.1 Å². The average molecular weight is 374 g/mol. The Labute approximate surface area is 165 Å². The maximum Gasteiger partial charge on any atom is 0.251 e. The number of nitrogens with zero attached hydrogens (tertiary/aromatic N) is 2. The van der Waals surface area contributed by atoms with Crippen LogP contribution in [0.1, 0.15) is 49.0 Å². The van der Waals surface area contributed by atoms with Crippen LogP contribution in [-0.4, -0.2) is 28.2 Å². The van der Waals surface area contributed by atoms with Gasteiger partial charge in [-0.05, 0) is 74.1 Å². The maximum atomic E-state index is 12.4. The number of benzene rings is 2. The van der Waals surface area contributed by atoms with Crippen LogP contribution in [-0.2, 0) is 0 Å². The summed E-state index contributed by atoms with van der Waals surface area (Å²) >= 11 is 0. The van der Waals surface area contributed by atoms with E-state index in [1.54, 1.807) is 6.20 Å². The molecule has 144 valence electrons. The van der Waals surface area contributed by atoms with Gasteiger partial charge in [0.25, 0.3) is 5.91 Å². The number of amides is 1. The largest absolute Gasteiger partial charge is 0.366 e. The number of carbonyl (C=O) groups is 1. The van der Waals surface area contributed by atoms with Crippen LogP contribution in [0.25, 0.3) is 21.9 Å². The third kappa shape index (κ3) is 3.84. The molecule has 0 radical (unpaired) electrons. The minimum absolute atomic E-state index is 0.00967. The lowest BCUT2D eigenvalue weighted by molar-refractivity contribution is 0.0951. The van der Waals surface area contributed by atoms with E-state index in [-0.39, 0.29) is 5.91 Å². The van der Waals surface area contributed by atoms with Gasteiger partial charge in [0.2, 0.25) is 0 Å². The molecule has 1 aromatic heterocycles. The summed E-state index contributed by atoms with van der Waals surface area (Å²) in [5.41, 5.74) is 3.99. The van der Waals surface area contributed by atoms with Crippen molar-refractivity contribution in [2.24, 2.45) is 0 Å². The van der Waals surface area contributed by atoms with Gasteiger partial charge in [-0.25, -0.2) is 0 Å². The van der Waals surface area contributed by atoms with E-state index in [0.29, 0.717) is 17.6 Å². The van der Waals surface area contributed by atoms with Gasteiger partial charge in [-0.3, -0.25) is 4.79 Å². The summed E-state index contributed by atoms with van der Waals surface area (Å²) in [6.45, 7) is 6.35. The van der Waals surface area contributed by atoms with Crippen LogP contribution >= 0.6 is 0 Å². The molecular formula is C23H26N4O. The van der Waals surface area contributed by atoms with E-state index in [1.807, 2.05) is 18.2 Å². The average Bonchev–Trinajstić information content (AvgIpc) is 3.52. The van der Waals surface area contributed by atoms with Gasteiger partial charge >= 0.3 is 0 Å². The summed E-state index contributed by atoms with van der Waals surface area (Å²) in [6.07, 6.45) is 4.98. The smallest absolute Gasteiger partial charge is 0.251 e. The lowest BCUT2D eigenvalue weighted by Gasteiger charge is -2.14. The van der Waals surface area contributed by atoms with E-state index in [1.165, 1.54) is 0 Å². The van der Waals surface area contributed by atoms with E-state index in [0.717, 1.165) is 52.5 Å². The normalized spacial score (nSPS) is 14.7. The second-order valence-corrected chi connectivity index (χ2v) is 7.73. The molecule has 0 spiro atoms. The topological polar surface area (TPSA) is 66.9 Å². The monoisotopic (exact) mass is 374 g/mol. The zero-order valence-electron chi connectivity index (χ0n) is 16.6. The van der Waals surface area contributed by atoms with Crippen molar-refractivity contribution in [3.8, 4) is 11.1 Å². The van der Waals surface area contributed by atoms with Gasteiger partial charge in [-0.2, -0.15) is 5.10 Å². The van der Waals surface area contributed by atoms with Crippen molar-refractivity contribution in [3.05, 3.63) is 53.7 Å². The maximum absolute atomic E-state index is 12.4. The van der Waals surface area contributed by atoms with E-state index < -0.39 is 0 Å². The summed E-state index contributed by atoms with van der Waals surface area (Å²) in [6, 6.07) is 12.9. The molecule has 2 aromatic carbocycles. The number of hydrogen-bond acceptors (Lipinski definition) is 4. The fourth-order valence-corrected chi connectivity index (χ4v) is 3.27. The zero-order chi connectivity index (χ0) is 19.7. The van der Waals surface area contributed by atoms with Gasteiger partial charge in [-0.1, -0.05) is 19.1 Å². The van der Waals surface area contributed by atoms with Crippen LogP contribution in [0.15, 0.2) is 42.6 Å². The van der Waals surface area contributed by atoms with Crippen molar-refractivity contribution < 1.29 is 4.79 Å². The van der Waals surface area contributed by atoms with Gasteiger partial charge in [0.15, 0.2) is 5.82 Å². The standard InChI is InChI=1S/C23H26N4O/c1-4-15(3)25-22-20-10-7-16(11-18(20)13-24-27-22)21-12-17(6-5-14(21)2)23(28)26-19-8-9-19/h5-7,10-13,15,19H,4,8-9H2,1-3H3,(H,25,27)(H,26,28)/t15-/m1/s1. The summed E-state index contributed by atoms with van der Waals surface area (Å²) < 4.78 is 0. The highest BCUT2D eigenvalue weighted by Gasteiger charge is 2.24. The Morgan fingerprint density at radius 1 is 1.21 bits per heavy atom. The molecular weight excluding hydrogens is 348 g/mol. The molecule has 1 aliphatic rings. The Morgan fingerprint density at radius 3 is 2.79 bits per heavy atom. The molecule has 0 unspecified atom stereocenters. The van der Waals surface area contributed by atoms with Gasteiger partial charge in [0, 0.05) is 28.4 Å². The molecule has 1 aliphatic carbocycles. The second kappa shape index (κ2) is 7.58. The first-order valence-corrected chi connectivity index (χ1v) is 9.99. The molecule has 4 rings (SSSR count). The molecule has 28 heavy (non-hydrogen) atoms. The molecule has 5 nitrogen and oxygen atoms in total. The fourth-order valence-electron chi connectivity index (χ4n) is 3.27. The highest BCUT2D eigenvalue weighted by atomic mass is 16.1. The minimum atomic E-state index is 0.00967. The summed E-state index contributed by atoms with van der Waals surface area (Å²) in [5.74, 6) is 0.822. The van der Waals surface area contributed by atoms with Gasteiger partial charge in [0.1, 0.15) is 0 Å². The molecule has 1 fully saturated rings. The van der Waals surface area contributed by atoms with Crippen molar-refractivity contribution in [1.29, 1.82) is 0 Å². The molecule has 0 saturated heterocycles. The van der Waals surface area contributed by atoms with E-state index in [9.17, 15) is 4.79 Å². The molecule has 0 aliphatic heterocycles. The first-order chi connectivity index (χ1) is 13.5. The predicted octanol–water partition coefficient (Wildman–Crippen LogP) is 4.71. The predicted molar refractivity (Wildman–Crippen MR) is 114 cm³/mol. The van der Waals surface area contributed by atoms with Crippen molar-refractivity contribution in [1.82, 2.24) is 15.5 Å². The Morgan fingerprint density at radius 2 is 2.04 bits per heavy atom. The van der Waals surface area contributed by atoms with Crippen molar-refractivity contribution in [2.75, 3.05) is 5.32 Å². The number of nitrogens with one attached hydrogen (secondary N) is 2. The number of aryl methyl sites for hydroxylation is 1. The van der Waals surface area contributed by atoms with Crippen LogP contribution < -0.4 is 10.6 Å². The number of fused-ring (bicyclic) bond motifs is 1. The van der Waals surface area contributed by atoms with Crippen LogP contribution in [0, 0.1) is 6.92 Å². The summed E-state index contributed by atoms with van der Waals surface area (Å²) in [7, 11) is 0. The van der Waals surface area contributed by atoms with Crippen molar-refractivity contribution in [3.63, 3.8) is 0 Å². The third-order valence-electron chi connectivity index (χ3n) is 5.38. The number of carbonyl (C=O) groups excluding carboxylic acids is 1. The van der Waals surface area contributed by atoms with Crippen LogP contribution in [0.5, 0.6) is 0 Å². The molecule has 2 N–H and O–H groups in total. The summed E-state index contributed by atoms with van der Waals surface area (Å²) in [5, 5.41) is 17.0. The van der Waals surface area contributed by atoms with Gasteiger partial charge < -0.3 is 10.6 Å². The molecule has 1 amide bonds. The zero-order valence-corrected chi connectivity index (χ0v) is 16.6. The van der Waals surface area contributed by atoms with E-state index in [2.05, 4.69) is 59.8 Å².